The van der Waals surface area contributed by atoms with Gasteiger partial charge in [0.2, 0.25) is 0 Å². The molecule has 0 radical (unpaired) electrons. The molecule has 0 aliphatic heterocycles. The third-order valence-corrected chi connectivity index (χ3v) is 12.0. The second-order valence-electron chi connectivity index (χ2n) is 13.4. The quantitative estimate of drug-likeness (QED) is 0.0764. The molecule has 1 aliphatic rings. The van der Waals surface area contributed by atoms with E-state index in [0.29, 0.717) is 6.04 Å². The number of carbonyl (C=O) groups excluding carboxylic acids is 1. The molecule has 43 heavy (non-hydrogen) atoms. The number of nitrogens with zero attached hydrogens (tertiary/aromatic N) is 3. The molecule has 4 rings (SSSR count). The first-order valence-electron chi connectivity index (χ1n) is 14.7. The van der Waals surface area contributed by atoms with Gasteiger partial charge in [0, 0.05) is 25.3 Å². The summed E-state index contributed by atoms with van der Waals surface area (Å²) in [6.07, 6.45) is -0.110. The Morgan fingerprint density at radius 3 is 2.00 bits per heavy atom. The minimum absolute atomic E-state index is 0.0229. The van der Waals surface area contributed by atoms with Crippen LogP contribution in [0.1, 0.15) is 43.9 Å². The summed E-state index contributed by atoms with van der Waals surface area (Å²) in [6, 6.07) is 25.5. The van der Waals surface area contributed by atoms with Gasteiger partial charge in [-0.25, -0.2) is 8.42 Å². The second-order valence-corrected chi connectivity index (χ2v) is 21.4. The normalized spacial score (nSPS) is 15.5. The predicted molar refractivity (Wildman–Crippen MR) is 175 cm³/mol. The molecular weight excluding hydrogens is 577 g/mol. The van der Waals surface area contributed by atoms with E-state index in [-0.39, 0.29) is 18.7 Å². The third kappa shape index (κ3) is 7.38. The first-order valence-corrected chi connectivity index (χ1v) is 20.1. The van der Waals surface area contributed by atoms with E-state index in [1.807, 2.05) is 66.7 Å². The Balaban J connectivity index is 1.88. The smallest absolute Gasteiger partial charge is 0.323 e. The van der Waals surface area contributed by atoms with Gasteiger partial charge in [0.1, 0.15) is 11.6 Å². The number of azide groups is 1. The Morgan fingerprint density at radius 1 is 0.953 bits per heavy atom. The van der Waals surface area contributed by atoms with Crippen LogP contribution >= 0.6 is 0 Å². The summed E-state index contributed by atoms with van der Waals surface area (Å²) in [7, 11) is -5.41. The summed E-state index contributed by atoms with van der Waals surface area (Å²) in [5.74, 6) is -0.582. The molecule has 0 saturated carbocycles. The van der Waals surface area contributed by atoms with E-state index in [4.69, 9.17) is 10.3 Å². The van der Waals surface area contributed by atoms with Gasteiger partial charge in [0.05, 0.1) is 10.8 Å². The van der Waals surface area contributed by atoms with E-state index >= 15 is 0 Å². The first-order chi connectivity index (χ1) is 20.2. The van der Waals surface area contributed by atoms with Gasteiger partial charge < -0.3 is 4.74 Å². The van der Waals surface area contributed by atoms with Crippen molar-refractivity contribution in [1.29, 1.82) is 0 Å². The molecule has 10 heteroatoms. The van der Waals surface area contributed by atoms with Crippen molar-refractivity contribution in [3.63, 3.8) is 0 Å². The molecule has 2 atom stereocenters. The highest BCUT2D eigenvalue weighted by Gasteiger charge is 2.48. The van der Waals surface area contributed by atoms with Crippen LogP contribution in [0.5, 0.6) is 0 Å². The van der Waals surface area contributed by atoms with Crippen LogP contribution in [0.2, 0.25) is 25.7 Å². The van der Waals surface area contributed by atoms with Gasteiger partial charge in [0.25, 0.3) is 0 Å². The Hall–Kier alpha value is -3.43. The first kappa shape index (κ1) is 32.5. The van der Waals surface area contributed by atoms with E-state index in [1.165, 1.54) is 0 Å². The van der Waals surface area contributed by atoms with Crippen molar-refractivity contribution in [1.82, 2.24) is 5.32 Å². The molecule has 0 unspecified atom stereocenters. The summed E-state index contributed by atoms with van der Waals surface area (Å²) in [6.45, 7) is 11.5. The maximum Gasteiger partial charge on any atom is 0.323 e. The van der Waals surface area contributed by atoms with Crippen molar-refractivity contribution in [3.05, 3.63) is 106 Å². The van der Waals surface area contributed by atoms with Gasteiger partial charge in [0.15, 0.2) is 9.84 Å². The van der Waals surface area contributed by atoms with E-state index in [1.54, 1.807) is 20.8 Å². The van der Waals surface area contributed by atoms with Crippen LogP contribution in [0, 0.1) is 0 Å². The highest BCUT2D eigenvalue weighted by Crippen LogP contribution is 2.51. The lowest BCUT2D eigenvalue weighted by atomic mass is 9.79. The highest BCUT2D eigenvalue weighted by atomic mass is 32.2. The van der Waals surface area contributed by atoms with E-state index in [2.05, 4.69) is 47.1 Å². The predicted octanol–water partition coefficient (Wildman–Crippen LogP) is 7.08. The number of rotatable bonds is 12. The van der Waals surface area contributed by atoms with Crippen molar-refractivity contribution in [2.24, 2.45) is 5.11 Å². The Morgan fingerprint density at radius 2 is 1.49 bits per heavy atom. The molecule has 8 nitrogen and oxygen atoms in total. The van der Waals surface area contributed by atoms with E-state index in [9.17, 15) is 13.2 Å². The molecular formula is C33H42N4O4SSi. The van der Waals surface area contributed by atoms with Crippen molar-refractivity contribution in [3.8, 4) is 11.1 Å². The van der Waals surface area contributed by atoms with Crippen molar-refractivity contribution < 1.29 is 17.9 Å². The van der Waals surface area contributed by atoms with Crippen LogP contribution in [0.15, 0.2) is 84.0 Å². The third-order valence-electron chi connectivity index (χ3n) is 7.73. The maximum absolute atomic E-state index is 14.0. The molecule has 1 N–H and O–H groups in total. The van der Waals surface area contributed by atoms with Crippen LogP contribution in [0.3, 0.4) is 0 Å². The van der Waals surface area contributed by atoms with Crippen LogP contribution < -0.4 is 5.32 Å². The molecule has 3 aromatic rings. The van der Waals surface area contributed by atoms with E-state index < -0.39 is 46.3 Å². The zero-order valence-corrected chi connectivity index (χ0v) is 27.7. The van der Waals surface area contributed by atoms with Crippen LogP contribution in [0.25, 0.3) is 21.6 Å². The summed E-state index contributed by atoms with van der Waals surface area (Å²) < 4.78 is 33.4. The number of ether oxygens (including phenoxy) is 1. The fourth-order valence-electron chi connectivity index (χ4n) is 5.66. The average molecular weight is 619 g/mol. The molecule has 0 spiro atoms. The Bertz CT molecular complexity index is 1560. The van der Waals surface area contributed by atoms with Gasteiger partial charge in [-0.2, -0.15) is 0 Å². The minimum atomic E-state index is -3.72. The number of benzene rings is 3. The maximum atomic E-state index is 14.0. The summed E-state index contributed by atoms with van der Waals surface area (Å²) in [4.78, 5) is 16.9. The number of hydrogen-bond acceptors (Lipinski definition) is 6. The van der Waals surface area contributed by atoms with Crippen molar-refractivity contribution >= 4 is 23.9 Å². The van der Waals surface area contributed by atoms with Crippen LogP contribution in [-0.4, -0.2) is 51.7 Å². The molecule has 1 aliphatic carbocycles. The van der Waals surface area contributed by atoms with Gasteiger partial charge in [-0.3, -0.25) is 10.1 Å². The second kappa shape index (κ2) is 12.7. The average Bonchev–Trinajstić information content (AvgIpc) is 3.23. The highest BCUT2D eigenvalue weighted by molar-refractivity contribution is 7.92. The summed E-state index contributed by atoms with van der Waals surface area (Å²) >= 11 is 0. The number of fused-ring (bicyclic) bond motifs is 3. The number of esters is 1. The van der Waals surface area contributed by atoms with Gasteiger partial charge in [-0.1, -0.05) is 104 Å². The topological polar surface area (TPSA) is 121 Å². The largest absolute Gasteiger partial charge is 0.459 e. The lowest BCUT2D eigenvalue weighted by Gasteiger charge is -2.38. The SMILES string of the molecule is CC(C)(C)OC(=O)[C@H](C[C@@H](CN=[N+]=[N-])S(=O)(=O)CC[Si](C)(C)C)NC1(c2ccccc2)c2ccccc2-c2ccccc21. The lowest BCUT2D eigenvalue weighted by Crippen LogP contribution is -2.54. The minimum Gasteiger partial charge on any atom is -0.459 e. The number of sulfone groups is 1. The molecule has 228 valence electrons. The molecule has 0 amide bonds. The summed E-state index contributed by atoms with van der Waals surface area (Å²) in [5.41, 5.74) is 12.3. The van der Waals surface area contributed by atoms with Crippen LogP contribution in [0.4, 0.5) is 0 Å². The molecule has 0 saturated heterocycles. The standard InChI is InChI=1S/C33H42N4O4SSi/c1-32(2,3)41-31(38)30(22-25(23-35-37-34)42(39,40)20-21-43(4,5)6)36-33(24-14-8-7-9-15-24)28-18-12-10-16-26(28)27-17-11-13-19-29(27)33/h7-19,25,30,36H,20-23H2,1-6H3/t25-,30-/m0/s1. The van der Waals surface area contributed by atoms with Crippen LogP contribution in [-0.2, 0) is 24.9 Å². The molecule has 0 bridgehead atoms. The van der Waals surface area contributed by atoms with Gasteiger partial charge >= 0.3 is 5.97 Å². The number of nitrogens with one attached hydrogen (secondary N) is 1. The Kier molecular flexibility index (Phi) is 9.56. The Labute approximate surface area is 256 Å². The monoisotopic (exact) mass is 618 g/mol. The summed E-state index contributed by atoms with van der Waals surface area (Å²) in [5, 5.41) is 6.28. The number of carbonyl (C=O) groups is 1. The number of hydrogen-bond donors (Lipinski definition) is 1. The van der Waals surface area contributed by atoms with Crippen molar-refractivity contribution in [2.45, 2.75) is 75.3 Å². The zero-order chi connectivity index (χ0) is 31.5. The molecule has 0 heterocycles. The van der Waals surface area contributed by atoms with Gasteiger partial charge in [-0.15, -0.1) is 0 Å². The molecule has 3 aromatic carbocycles. The zero-order valence-electron chi connectivity index (χ0n) is 25.9. The van der Waals surface area contributed by atoms with Gasteiger partial charge in [-0.05, 0) is 66.6 Å². The van der Waals surface area contributed by atoms with E-state index in [0.717, 1.165) is 27.8 Å². The molecule has 0 aromatic heterocycles. The van der Waals surface area contributed by atoms with Crippen molar-refractivity contribution in [2.75, 3.05) is 12.3 Å². The lowest BCUT2D eigenvalue weighted by molar-refractivity contribution is -0.158. The molecule has 0 fully saturated rings. The fraction of sp³-hybridized carbons (Fsp3) is 0.424. The fourth-order valence-corrected chi connectivity index (χ4v) is 10.4.